The van der Waals surface area contributed by atoms with E-state index in [4.69, 9.17) is 9.72 Å². The summed E-state index contributed by atoms with van der Waals surface area (Å²) in [6.07, 6.45) is 4.71. The molecule has 184 valence electrons. The van der Waals surface area contributed by atoms with Crippen LogP contribution >= 0.6 is 0 Å². The van der Waals surface area contributed by atoms with Crippen LogP contribution in [0.1, 0.15) is 18.9 Å². The summed E-state index contributed by atoms with van der Waals surface area (Å²) in [5.41, 5.74) is 1.72. The normalized spacial score (nSPS) is 14.6. The van der Waals surface area contributed by atoms with E-state index in [1.54, 1.807) is 21.8 Å². The van der Waals surface area contributed by atoms with Crippen molar-refractivity contribution in [3.8, 4) is 0 Å². The maximum Gasteiger partial charge on any atom is 0.229 e. The van der Waals surface area contributed by atoms with Gasteiger partial charge < -0.3 is 15.4 Å². The predicted octanol–water partition coefficient (Wildman–Crippen LogP) is 4.97. The maximum atomic E-state index is 14.4. The maximum absolute atomic E-state index is 14.4. The van der Waals surface area contributed by atoms with Crippen LogP contribution in [0.4, 0.5) is 36.3 Å². The van der Waals surface area contributed by atoms with Crippen molar-refractivity contribution >= 4 is 45.1 Å². The fourth-order valence-corrected chi connectivity index (χ4v) is 4.45. The molecule has 0 aliphatic carbocycles. The van der Waals surface area contributed by atoms with Gasteiger partial charge in [-0.25, -0.2) is 22.8 Å². The Bertz CT molecular complexity index is 1570. The summed E-state index contributed by atoms with van der Waals surface area (Å²) in [7, 11) is 1.86. The third-order valence-corrected chi connectivity index (χ3v) is 6.27. The molecule has 0 spiro atoms. The average molecular weight is 494 g/mol. The molecular formula is C24H21F3N8O. The topological polar surface area (TPSA) is 94.7 Å². The van der Waals surface area contributed by atoms with Gasteiger partial charge in [0.2, 0.25) is 5.95 Å². The van der Waals surface area contributed by atoms with Crippen LogP contribution in [0, 0.1) is 17.5 Å². The summed E-state index contributed by atoms with van der Waals surface area (Å²) in [5.74, 6) is -2.63. The smallest absolute Gasteiger partial charge is 0.229 e. The highest BCUT2D eigenvalue weighted by Crippen LogP contribution is 2.33. The molecule has 1 aliphatic rings. The molecule has 9 nitrogen and oxygen atoms in total. The third kappa shape index (κ3) is 3.88. The van der Waals surface area contributed by atoms with Crippen LogP contribution in [0.25, 0.3) is 21.9 Å². The number of rotatable bonds is 5. The summed E-state index contributed by atoms with van der Waals surface area (Å²) < 4.78 is 51.1. The van der Waals surface area contributed by atoms with E-state index in [1.165, 1.54) is 0 Å². The Morgan fingerprint density at radius 3 is 2.56 bits per heavy atom. The predicted molar refractivity (Wildman–Crippen MR) is 128 cm³/mol. The molecule has 1 fully saturated rings. The van der Waals surface area contributed by atoms with Crippen molar-refractivity contribution in [1.29, 1.82) is 0 Å². The molecule has 0 amide bonds. The lowest BCUT2D eigenvalue weighted by Crippen LogP contribution is -2.21. The van der Waals surface area contributed by atoms with Gasteiger partial charge >= 0.3 is 0 Å². The number of aromatic nitrogens is 6. The lowest BCUT2D eigenvalue weighted by Gasteiger charge is -2.22. The SMILES string of the molecule is Cn1ncc2c(Nc3ncc4c(Nc5c(F)cc(F)cc5F)nn(C5CCOCC5)c4n3)cccc21. The van der Waals surface area contributed by atoms with Gasteiger partial charge in [-0.2, -0.15) is 15.2 Å². The number of nitrogens with one attached hydrogen (secondary N) is 2. The molecule has 0 saturated carbocycles. The summed E-state index contributed by atoms with van der Waals surface area (Å²) >= 11 is 0. The van der Waals surface area contributed by atoms with Crippen LogP contribution in [0.15, 0.2) is 42.7 Å². The van der Waals surface area contributed by atoms with Gasteiger partial charge in [-0.3, -0.25) is 4.68 Å². The van der Waals surface area contributed by atoms with Crippen LogP contribution in [-0.2, 0) is 11.8 Å². The highest BCUT2D eigenvalue weighted by atomic mass is 19.1. The summed E-state index contributed by atoms with van der Waals surface area (Å²) in [6.45, 7) is 1.13. The van der Waals surface area contributed by atoms with Crippen molar-refractivity contribution in [2.24, 2.45) is 7.05 Å². The van der Waals surface area contributed by atoms with Gasteiger partial charge in [0.05, 0.1) is 28.8 Å². The molecule has 2 aromatic carbocycles. The third-order valence-electron chi connectivity index (χ3n) is 6.27. The first-order chi connectivity index (χ1) is 17.5. The van der Waals surface area contributed by atoms with E-state index in [2.05, 4.69) is 25.8 Å². The van der Waals surface area contributed by atoms with E-state index in [0.717, 1.165) is 16.6 Å². The zero-order chi connectivity index (χ0) is 24.8. The molecule has 1 saturated heterocycles. The molecule has 12 heteroatoms. The quantitative estimate of drug-likeness (QED) is 0.356. The van der Waals surface area contributed by atoms with Gasteiger partial charge in [-0.1, -0.05) is 6.07 Å². The monoisotopic (exact) mass is 494 g/mol. The van der Waals surface area contributed by atoms with Crippen molar-refractivity contribution in [2.45, 2.75) is 18.9 Å². The van der Waals surface area contributed by atoms with Crippen LogP contribution in [0.2, 0.25) is 0 Å². The Balaban J connectivity index is 1.43. The first-order valence-electron chi connectivity index (χ1n) is 11.4. The lowest BCUT2D eigenvalue weighted by molar-refractivity contribution is 0.0674. The lowest BCUT2D eigenvalue weighted by atomic mass is 10.1. The van der Waals surface area contributed by atoms with Crippen LogP contribution in [-0.4, -0.2) is 42.7 Å². The van der Waals surface area contributed by atoms with Gasteiger partial charge in [0.1, 0.15) is 11.5 Å². The van der Waals surface area contributed by atoms with Crippen molar-refractivity contribution in [1.82, 2.24) is 29.5 Å². The minimum Gasteiger partial charge on any atom is -0.381 e. The molecule has 0 unspecified atom stereocenters. The largest absolute Gasteiger partial charge is 0.381 e. The minimum absolute atomic E-state index is 0.0239. The highest BCUT2D eigenvalue weighted by Gasteiger charge is 2.24. The van der Waals surface area contributed by atoms with Gasteiger partial charge in [0.15, 0.2) is 23.1 Å². The second kappa shape index (κ2) is 8.79. The number of anilines is 4. The molecule has 5 aromatic rings. The summed E-state index contributed by atoms with van der Waals surface area (Å²) in [4.78, 5) is 9.12. The number of benzene rings is 2. The standard InChI is InChI=1S/C24H21F3N8O/c1-34-20-4-2-3-19(15(20)12-29-34)30-24-28-11-16-22(31-21-17(26)9-13(25)10-18(21)27)33-35(23(16)32-24)14-5-7-36-8-6-14/h2-4,9-12,14H,5-8H2,1H3,(H,31,33)(H,28,30,32). The average Bonchev–Trinajstić information content (AvgIpc) is 3.43. The molecule has 0 atom stereocenters. The van der Waals surface area contributed by atoms with Crippen molar-refractivity contribution < 1.29 is 17.9 Å². The second-order valence-electron chi connectivity index (χ2n) is 8.57. The van der Waals surface area contributed by atoms with Gasteiger partial charge in [-0.05, 0) is 25.0 Å². The van der Waals surface area contributed by atoms with Gasteiger partial charge in [-0.15, -0.1) is 0 Å². The molecule has 4 heterocycles. The summed E-state index contributed by atoms with van der Waals surface area (Å²) in [6, 6.07) is 6.97. The molecule has 0 radical (unpaired) electrons. The number of hydrogen-bond donors (Lipinski definition) is 2. The van der Waals surface area contributed by atoms with E-state index in [9.17, 15) is 13.2 Å². The van der Waals surface area contributed by atoms with E-state index in [1.807, 2.05) is 25.2 Å². The van der Waals surface area contributed by atoms with Crippen molar-refractivity contribution in [2.75, 3.05) is 23.8 Å². The minimum atomic E-state index is -1.06. The van der Waals surface area contributed by atoms with Gasteiger partial charge in [0.25, 0.3) is 0 Å². The Labute approximate surface area is 202 Å². The molecule has 6 rings (SSSR count). The molecular weight excluding hydrogens is 473 g/mol. The number of hydrogen-bond acceptors (Lipinski definition) is 7. The summed E-state index contributed by atoms with van der Waals surface area (Å²) in [5, 5.41) is 16.2. The van der Waals surface area contributed by atoms with Crippen molar-refractivity contribution in [3.63, 3.8) is 0 Å². The Morgan fingerprint density at radius 2 is 1.78 bits per heavy atom. The van der Waals surface area contributed by atoms with Gasteiger partial charge in [0, 0.05) is 44.0 Å². The van der Waals surface area contributed by atoms with Crippen LogP contribution in [0.5, 0.6) is 0 Å². The Kier molecular flexibility index (Phi) is 5.44. The zero-order valence-electron chi connectivity index (χ0n) is 19.2. The van der Waals surface area contributed by atoms with E-state index >= 15 is 0 Å². The molecule has 0 bridgehead atoms. The number of fused-ring (bicyclic) bond motifs is 2. The fraction of sp³-hybridized carbons (Fsp3) is 0.250. The number of nitrogens with zero attached hydrogens (tertiary/aromatic N) is 6. The molecule has 1 aliphatic heterocycles. The Morgan fingerprint density at radius 1 is 1.00 bits per heavy atom. The van der Waals surface area contributed by atoms with Crippen molar-refractivity contribution in [3.05, 3.63) is 60.2 Å². The molecule has 3 aromatic heterocycles. The molecule has 36 heavy (non-hydrogen) atoms. The van der Waals surface area contributed by atoms with Crippen LogP contribution in [0.3, 0.4) is 0 Å². The highest BCUT2D eigenvalue weighted by molar-refractivity contribution is 5.93. The number of halogens is 3. The van der Waals surface area contributed by atoms with E-state index in [0.29, 0.717) is 55.2 Å². The first kappa shape index (κ1) is 22.3. The molecule has 2 N–H and O–H groups in total. The number of ether oxygens (including phenoxy) is 1. The van der Waals surface area contributed by atoms with E-state index < -0.39 is 23.1 Å². The van der Waals surface area contributed by atoms with Crippen LogP contribution < -0.4 is 10.6 Å². The zero-order valence-corrected chi connectivity index (χ0v) is 19.2. The number of aryl methyl sites for hydroxylation is 1. The second-order valence-corrected chi connectivity index (χ2v) is 8.57. The first-order valence-corrected chi connectivity index (χ1v) is 11.4. The fourth-order valence-electron chi connectivity index (χ4n) is 4.45. The Hall–Kier alpha value is -4.19. The van der Waals surface area contributed by atoms with E-state index in [-0.39, 0.29) is 11.9 Å².